The molecule has 0 heterocycles. The molecule has 4 atom stereocenters. The highest BCUT2D eigenvalue weighted by atomic mass is 16.7. The Labute approximate surface area is 265 Å². The molecule has 4 aliphatic carbocycles. The lowest BCUT2D eigenvalue weighted by Crippen LogP contribution is -2.63. The Hall–Kier alpha value is -4.43. The van der Waals surface area contributed by atoms with Crippen molar-refractivity contribution < 1.29 is 53.9 Å². The number of hydrogen-bond acceptors (Lipinski definition) is 12. The van der Waals surface area contributed by atoms with Crippen LogP contribution in [0.2, 0.25) is 0 Å². The highest BCUT2D eigenvalue weighted by Gasteiger charge is 2.63. The van der Waals surface area contributed by atoms with Gasteiger partial charge in [-0.15, -0.1) is 0 Å². The first-order valence-electron chi connectivity index (χ1n) is 15.0. The van der Waals surface area contributed by atoms with Crippen LogP contribution in [0.5, 0.6) is 5.75 Å². The van der Waals surface area contributed by atoms with Crippen LogP contribution in [0.1, 0.15) is 61.5 Å². The normalized spacial score (nSPS) is 25.9. The van der Waals surface area contributed by atoms with E-state index in [1.165, 1.54) is 15.9 Å². The molecular formula is C32H39N3O11. The number of phenols is 1. The van der Waals surface area contributed by atoms with Crippen LogP contribution in [0.15, 0.2) is 34.8 Å². The van der Waals surface area contributed by atoms with E-state index in [0.29, 0.717) is 24.0 Å². The van der Waals surface area contributed by atoms with Crippen LogP contribution in [0, 0.1) is 17.3 Å². The van der Waals surface area contributed by atoms with Gasteiger partial charge in [0.05, 0.1) is 17.0 Å². The number of benzene rings is 1. The van der Waals surface area contributed by atoms with E-state index in [1.807, 2.05) is 0 Å². The maximum absolute atomic E-state index is 14.0. The van der Waals surface area contributed by atoms with Crippen LogP contribution < -0.4 is 5.73 Å². The summed E-state index contributed by atoms with van der Waals surface area (Å²) in [7, 11) is 3.11. The van der Waals surface area contributed by atoms with Crippen molar-refractivity contribution in [3.05, 3.63) is 51.5 Å². The molecule has 0 aromatic heterocycles. The second kappa shape index (κ2) is 11.4. The number of esters is 1. The number of Topliss-reactive ketones (excluding diaryl/α,β-unsaturated/α-hetero) is 2. The summed E-state index contributed by atoms with van der Waals surface area (Å²) in [4.78, 5) is 67.7. The average Bonchev–Trinajstić information content (AvgIpc) is 3.79. The molecule has 0 saturated heterocycles. The fourth-order valence-electron chi connectivity index (χ4n) is 6.81. The van der Waals surface area contributed by atoms with Crippen molar-refractivity contribution in [3.63, 3.8) is 0 Å². The molecule has 0 aliphatic heterocycles. The first-order chi connectivity index (χ1) is 21.4. The van der Waals surface area contributed by atoms with Crippen molar-refractivity contribution in [3.8, 4) is 5.75 Å². The van der Waals surface area contributed by atoms with E-state index in [0.717, 1.165) is 0 Å². The Balaban J connectivity index is 1.50. The number of primary amides is 1. The number of rotatable bonds is 7. The lowest BCUT2D eigenvalue weighted by molar-refractivity contribution is -0.162. The van der Waals surface area contributed by atoms with Crippen LogP contribution in [-0.2, 0) is 36.8 Å². The summed E-state index contributed by atoms with van der Waals surface area (Å²) in [6.45, 7) is 4.43. The third kappa shape index (κ3) is 5.28. The second-order valence-corrected chi connectivity index (χ2v) is 13.6. The number of aliphatic hydroxyl groups is 3. The van der Waals surface area contributed by atoms with Gasteiger partial charge < -0.3 is 40.5 Å². The Bertz CT molecular complexity index is 1600. The summed E-state index contributed by atoms with van der Waals surface area (Å²) in [5.74, 6) is -7.89. The van der Waals surface area contributed by atoms with Crippen molar-refractivity contribution in [2.75, 3.05) is 20.9 Å². The van der Waals surface area contributed by atoms with Gasteiger partial charge in [-0.05, 0) is 83.7 Å². The molecule has 1 aromatic carbocycles. The van der Waals surface area contributed by atoms with E-state index >= 15 is 0 Å². The number of carbonyl (C=O) groups excluding carboxylic acids is 5. The number of amides is 2. The standard InChI is InChI=1S/C32H39N3O11/c1-31(2,3)29(42)45-13-46-30(43)35(16-7-8-16)12-14-6-9-19(36)21-17(14)10-15-11-18-23(34(4)5)25(38)22(28(33)41)27(40)32(18,44)26(39)20(15)24(21)37/h6,9,15-16,18,23,36,38-39,44H,7-8,10-13H2,1-5H3,(H2,33,41)/t15-,18-,23-,32-/m0/s1. The number of aromatic hydroxyl groups is 1. The van der Waals surface area contributed by atoms with Gasteiger partial charge in [0.15, 0.2) is 11.4 Å². The molecule has 14 nitrogen and oxygen atoms in total. The van der Waals surface area contributed by atoms with Gasteiger partial charge in [0.1, 0.15) is 22.8 Å². The van der Waals surface area contributed by atoms with E-state index in [1.54, 1.807) is 40.9 Å². The maximum Gasteiger partial charge on any atom is 0.413 e. The third-order valence-corrected chi connectivity index (χ3v) is 9.25. The number of nitrogens with two attached hydrogens (primary N) is 1. The van der Waals surface area contributed by atoms with Crippen molar-refractivity contribution in [2.45, 2.75) is 70.7 Å². The molecule has 1 saturated carbocycles. The molecule has 4 aliphatic rings. The molecule has 2 amide bonds. The Morgan fingerprint density at radius 1 is 1.07 bits per heavy atom. The maximum atomic E-state index is 14.0. The minimum Gasteiger partial charge on any atom is -0.510 e. The fraction of sp³-hybridized carbons (Fsp3) is 0.531. The monoisotopic (exact) mass is 641 g/mol. The van der Waals surface area contributed by atoms with Gasteiger partial charge in [-0.1, -0.05) is 6.07 Å². The number of aliphatic hydroxyl groups excluding tert-OH is 2. The smallest absolute Gasteiger partial charge is 0.413 e. The Morgan fingerprint density at radius 3 is 2.28 bits per heavy atom. The van der Waals surface area contributed by atoms with Gasteiger partial charge in [-0.2, -0.15) is 0 Å². The van der Waals surface area contributed by atoms with Crippen molar-refractivity contribution in [2.24, 2.45) is 23.0 Å². The molecule has 0 bridgehead atoms. The zero-order valence-electron chi connectivity index (χ0n) is 26.3. The van der Waals surface area contributed by atoms with Crippen LogP contribution in [0.3, 0.4) is 0 Å². The lowest BCUT2D eigenvalue weighted by Gasteiger charge is -2.50. The van der Waals surface area contributed by atoms with Crippen LogP contribution in [0.25, 0.3) is 0 Å². The first-order valence-corrected chi connectivity index (χ1v) is 15.0. The molecule has 5 rings (SSSR count). The number of nitrogens with zero attached hydrogens (tertiary/aromatic N) is 2. The van der Waals surface area contributed by atoms with Crippen molar-refractivity contribution in [1.29, 1.82) is 0 Å². The van der Waals surface area contributed by atoms with Crippen molar-refractivity contribution >= 4 is 29.5 Å². The quantitative estimate of drug-likeness (QED) is 0.164. The average molecular weight is 642 g/mol. The van der Waals surface area contributed by atoms with Gasteiger partial charge in [-0.3, -0.25) is 24.1 Å². The zero-order chi connectivity index (χ0) is 34.0. The molecule has 248 valence electrons. The van der Waals surface area contributed by atoms with E-state index in [2.05, 4.69) is 0 Å². The van der Waals surface area contributed by atoms with Crippen LogP contribution >= 0.6 is 0 Å². The molecule has 0 unspecified atom stereocenters. The number of carbonyl (C=O) groups is 5. The number of phenolic OH excluding ortho intramolecular Hbond substituents is 1. The van der Waals surface area contributed by atoms with Crippen molar-refractivity contribution in [1.82, 2.24) is 9.80 Å². The fourth-order valence-corrected chi connectivity index (χ4v) is 6.81. The van der Waals surface area contributed by atoms with Gasteiger partial charge in [-0.25, -0.2) is 4.79 Å². The molecule has 0 radical (unpaired) electrons. The van der Waals surface area contributed by atoms with Gasteiger partial charge in [0, 0.05) is 24.1 Å². The lowest BCUT2D eigenvalue weighted by atomic mass is 9.58. The Kier molecular flexibility index (Phi) is 8.18. The molecular weight excluding hydrogens is 602 g/mol. The summed E-state index contributed by atoms with van der Waals surface area (Å²) in [5, 5.41) is 45.0. The predicted molar refractivity (Wildman–Crippen MR) is 159 cm³/mol. The zero-order valence-corrected chi connectivity index (χ0v) is 26.3. The van der Waals surface area contributed by atoms with Gasteiger partial charge in [0.2, 0.25) is 12.6 Å². The molecule has 1 aromatic rings. The third-order valence-electron chi connectivity index (χ3n) is 9.25. The number of likely N-dealkylation sites (N-methyl/N-ethyl adjacent to an activating group) is 1. The minimum absolute atomic E-state index is 0.00202. The molecule has 14 heteroatoms. The molecule has 0 spiro atoms. The largest absolute Gasteiger partial charge is 0.510 e. The number of fused-ring (bicyclic) bond motifs is 3. The number of ketones is 2. The predicted octanol–water partition coefficient (Wildman–Crippen LogP) is 1.77. The molecule has 6 N–H and O–H groups in total. The van der Waals surface area contributed by atoms with E-state index in [9.17, 15) is 44.4 Å². The SMILES string of the molecule is CN(C)[C@@H]1C(O)=C(C(N)=O)C(=O)[C@@]2(O)C(O)=C3C(=O)c4c(O)ccc(CN(C(=O)OCOC(=O)C(C)(C)C)C5CC5)c4C[C@H]3C[C@@H]12. The number of ether oxygens (including phenoxy) is 2. The summed E-state index contributed by atoms with van der Waals surface area (Å²) in [6.07, 6.45) is 0.716. The summed E-state index contributed by atoms with van der Waals surface area (Å²) in [5.41, 5.74) is 1.50. The topological polar surface area (TPSA) is 217 Å². The minimum atomic E-state index is -2.74. The Morgan fingerprint density at radius 2 is 1.72 bits per heavy atom. The number of allylic oxidation sites excluding steroid dienone is 1. The molecule has 1 fully saturated rings. The summed E-state index contributed by atoms with van der Waals surface area (Å²) >= 11 is 0. The van der Waals surface area contributed by atoms with Gasteiger partial charge in [0.25, 0.3) is 5.91 Å². The van der Waals surface area contributed by atoms with Crippen LogP contribution in [-0.4, -0.2) is 98.3 Å². The highest BCUT2D eigenvalue weighted by Crippen LogP contribution is 2.52. The van der Waals surface area contributed by atoms with E-state index in [4.69, 9.17) is 15.2 Å². The van der Waals surface area contributed by atoms with Crippen LogP contribution in [0.4, 0.5) is 4.79 Å². The highest BCUT2D eigenvalue weighted by molar-refractivity contribution is 6.24. The summed E-state index contributed by atoms with van der Waals surface area (Å²) < 4.78 is 10.3. The second-order valence-electron chi connectivity index (χ2n) is 13.6. The van der Waals surface area contributed by atoms with E-state index in [-0.39, 0.29) is 36.6 Å². The molecule has 46 heavy (non-hydrogen) atoms. The summed E-state index contributed by atoms with van der Waals surface area (Å²) in [6, 6.07) is 1.60. The van der Waals surface area contributed by atoms with E-state index < -0.39 is 88.1 Å². The number of hydrogen-bond donors (Lipinski definition) is 5. The van der Waals surface area contributed by atoms with Gasteiger partial charge >= 0.3 is 12.1 Å². The first kappa shape index (κ1) is 32.9.